The molecule has 2 heterocycles. The fourth-order valence-corrected chi connectivity index (χ4v) is 5.11. The maximum atomic E-state index is 15.1. The number of ether oxygens (including phenoxy) is 1. The van der Waals surface area contributed by atoms with Crippen molar-refractivity contribution in [1.82, 2.24) is 9.47 Å². The van der Waals surface area contributed by atoms with E-state index in [1.54, 1.807) is 32.9 Å². The molecule has 5 rings (SSSR count). The Morgan fingerprint density at radius 2 is 1.78 bits per heavy atom. The lowest BCUT2D eigenvalue weighted by atomic mass is 9.81. The zero-order valence-electron chi connectivity index (χ0n) is 20.0. The second kappa shape index (κ2) is 8.63. The van der Waals surface area contributed by atoms with Crippen molar-refractivity contribution in [2.24, 2.45) is 0 Å². The average molecular weight is 536 g/mol. The van der Waals surface area contributed by atoms with Crippen molar-refractivity contribution in [3.05, 3.63) is 74.1 Å². The van der Waals surface area contributed by atoms with Crippen LogP contribution in [0.5, 0.6) is 0 Å². The van der Waals surface area contributed by atoms with Crippen LogP contribution in [-0.4, -0.2) is 34.3 Å². The summed E-state index contributed by atoms with van der Waals surface area (Å²) in [4.78, 5) is 27.1. The van der Waals surface area contributed by atoms with Crippen LogP contribution in [0.3, 0.4) is 0 Å². The summed E-state index contributed by atoms with van der Waals surface area (Å²) in [5.74, 6) is -1.08. The number of carbonyl (C=O) groups is 1. The number of carbonyl (C=O) groups excluding carboxylic acids is 1. The Bertz CT molecular complexity index is 1440. The SMILES string of the molecule is CC(C)(C)OC(=O)N1CC(Nc2ccc3c(F)cn(C4CC4)c(=O)c3c2)(c2c(F)ccc(Cl)c2Cl)C1. The first-order valence-corrected chi connectivity index (χ1v) is 12.4. The third kappa shape index (κ3) is 4.41. The van der Waals surface area contributed by atoms with E-state index in [0.29, 0.717) is 5.69 Å². The molecule has 0 bridgehead atoms. The highest BCUT2D eigenvalue weighted by Crippen LogP contribution is 2.43. The number of fused-ring (bicyclic) bond motifs is 1. The molecule has 2 aliphatic rings. The van der Waals surface area contributed by atoms with Gasteiger partial charge in [0.25, 0.3) is 5.56 Å². The van der Waals surface area contributed by atoms with Crippen LogP contribution in [0.2, 0.25) is 10.0 Å². The molecule has 1 aliphatic heterocycles. The van der Waals surface area contributed by atoms with Crippen molar-refractivity contribution in [3.8, 4) is 0 Å². The number of aromatic nitrogens is 1. The topological polar surface area (TPSA) is 63.6 Å². The van der Waals surface area contributed by atoms with E-state index in [-0.39, 0.29) is 51.1 Å². The van der Waals surface area contributed by atoms with Gasteiger partial charge in [-0.05, 0) is 63.9 Å². The van der Waals surface area contributed by atoms with Gasteiger partial charge in [0.1, 0.15) is 22.8 Å². The van der Waals surface area contributed by atoms with Crippen LogP contribution in [0.4, 0.5) is 19.3 Å². The zero-order chi connectivity index (χ0) is 26.0. The number of halogens is 4. The second-order valence-electron chi connectivity index (χ2n) is 10.4. The fourth-order valence-electron chi connectivity index (χ4n) is 4.62. The van der Waals surface area contributed by atoms with E-state index in [2.05, 4.69) is 5.32 Å². The predicted octanol–water partition coefficient (Wildman–Crippen LogP) is 6.48. The Hall–Kier alpha value is -2.84. The molecule has 6 nitrogen and oxygen atoms in total. The highest BCUT2D eigenvalue weighted by Gasteiger charge is 2.50. The predicted molar refractivity (Wildman–Crippen MR) is 136 cm³/mol. The fraction of sp³-hybridized carbons (Fsp3) is 0.385. The van der Waals surface area contributed by atoms with Crippen LogP contribution in [0.25, 0.3) is 10.8 Å². The number of amides is 1. The van der Waals surface area contributed by atoms with E-state index < -0.39 is 28.9 Å². The van der Waals surface area contributed by atoms with Crippen LogP contribution >= 0.6 is 23.2 Å². The first-order chi connectivity index (χ1) is 16.9. The molecule has 36 heavy (non-hydrogen) atoms. The number of nitrogens with one attached hydrogen (secondary N) is 1. The van der Waals surface area contributed by atoms with E-state index in [0.717, 1.165) is 12.8 Å². The number of hydrogen-bond acceptors (Lipinski definition) is 4. The molecule has 10 heteroatoms. The molecule has 190 valence electrons. The molecule has 1 N–H and O–H groups in total. The van der Waals surface area contributed by atoms with E-state index in [1.807, 2.05) is 0 Å². The summed E-state index contributed by atoms with van der Waals surface area (Å²) in [5, 5.41) is 3.87. The average Bonchev–Trinajstić information content (AvgIpc) is 3.60. The molecule has 2 fully saturated rings. The van der Waals surface area contributed by atoms with Gasteiger partial charge in [0.15, 0.2) is 0 Å². The van der Waals surface area contributed by atoms with Gasteiger partial charge >= 0.3 is 6.09 Å². The lowest BCUT2D eigenvalue weighted by Gasteiger charge is -2.51. The Labute approximate surface area is 216 Å². The van der Waals surface area contributed by atoms with E-state index >= 15 is 4.39 Å². The maximum Gasteiger partial charge on any atom is 0.410 e. The highest BCUT2D eigenvalue weighted by atomic mass is 35.5. The lowest BCUT2D eigenvalue weighted by molar-refractivity contribution is -0.00535. The minimum Gasteiger partial charge on any atom is -0.444 e. The van der Waals surface area contributed by atoms with Gasteiger partial charge in [0.05, 0.1) is 28.5 Å². The minimum absolute atomic E-state index is 0.00717. The number of nitrogens with zero attached hydrogens (tertiary/aromatic N) is 2. The van der Waals surface area contributed by atoms with Crippen molar-refractivity contribution in [2.75, 3.05) is 18.4 Å². The normalized spacial score (nSPS) is 17.1. The van der Waals surface area contributed by atoms with Gasteiger partial charge in [-0.25, -0.2) is 13.6 Å². The van der Waals surface area contributed by atoms with Gasteiger partial charge in [-0.1, -0.05) is 23.2 Å². The van der Waals surface area contributed by atoms with Crippen molar-refractivity contribution in [3.63, 3.8) is 0 Å². The van der Waals surface area contributed by atoms with Gasteiger partial charge in [-0.3, -0.25) is 4.79 Å². The van der Waals surface area contributed by atoms with Crippen LogP contribution in [0, 0.1) is 11.6 Å². The van der Waals surface area contributed by atoms with Crippen molar-refractivity contribution in [1.29, 1.82) is 0 Å². The highest BCUT2D eigenvalue weighted by molar-refractivity contribution is 6.42. The third-order valence-electron chi connectivity index (χ3n) is 6.41. The van der Waals surface area contributed by atoms with Gasteiger partial charge in [0.2, 0.25) is 0 Å². The molecule has 1 saturated heterocycles. The smallest absolute Gasteiger partial charge is 0.410 e. The molecule has 0 unspecified atom stereocenters. The Balaban J connectivity index is 1.55. The summed E-state index contributed by atoms with van der Waals surface area (Å²) in [5.41, 5.74) is -1.59. The number of benzene rings is 2. The molecule has 0 atom stereocenters. The Kier molecular flexibility index (Phi) is 5.95. The van der Waals surface area contributed by atoms with E-state index in [9.17, 15) is 14.0 Å². The Morgan fingerprint density at radius 3 is 2.42 bits per heavy atom. The summed E-state index contributed by atoms with van der Waals surface area (Å²) in [6.07, 6.45) is 2.37. The number of pyridine rings is 1. The zero-order valence-corrected chi connectivity index (χ0v) is 21.5. The first-order valence-electron chi connectivity index (χ1n) is 11.6. The van der Waals surface area contributed by atoms with Crippen LogP contribution in [-0.2, 0) is 10.3 Å². The summed E-state index contributed by atoms with van der Waals surface area (Å²) in [6, 6.07) is 7.26. The lowest BCUT2D eigenvalue weighted by Crippen LogP contribution is -2.66. The van der Waals surface area contributed by atoms with Gasteiger partial charge < -0.3 is 19.5 Å². The number of anilines is 1. The van der Waals surface area contributed by atoms with Crippen LogP contribution in [0.1, 0.15) is 45.2 Å². The van der Waals surface area contributed by atoms with Gasteiger partial charge in [-0.2, -0.15) is 0 Å². The second-order valence-corrected chi connectivity index (χ2v) is 11.2. The van der Waals surface area contributed by atoms with E-state index in [1.165, 1.54) is 33.9 Å². The largest absolute Gasteiger partial charge is 0.444 e. The van der Waals surface area contributed by atoms with Crippen molar-refractivity contribution >= 4 is 45.8 Å². The van der Waals surface area contributed by atoms with E-state index in [4.69, 9.17) is 27.9 Å². The molecule has 1 amide bonds. The van der Waals surface area contributed by atoms with Crippen molar-refractivity contribution in [2.45, 2.75) is 50.8 Å². The van der Waals surface area contributed by atoms with Crippen LogP contribution in [0.15, 0.2) is 41.3 Å². The Morgan fingerprint density at radius 1 is 1.08 bits per heavy atom. The summed E-state index contributed by atoms with van der Waals surface area (Å²) in [7, 11) is 0. The molecule has 2 aromatic carbocycles. The maximum absolute atomic E-state index is 15.1. The quantitative estimate of drug-likeness (QED) is 0.388. The van der Waals surface area contributed by atoms with Gasteiger partial charge in [0, 0.05) is 28.9 Å². The monoisotopic (exact) mass is 535 g/mol. The summed E-state index contributed by atoms with van der Waals surface area (Å²) in [6.45, 7) is 5.34. The summed E-state index contributed by atoms with van der Waals surface area (Å²) < 4.78 is 36.8. The molecule has 1 saturated carbocycles. The molecule has 0 spiro atoms. The standard InChI is InChI=1S/C26H25Cl2F2N3O3/c1-25(2,3)36-24(35)32-12-26(13-32,21-19(29)9-8-18(27)22(21)28)31-14-4-7-16-17(10-14)23(34)33(11-20(16)30)15-5-6-15/h4,7-11,15,31H,5-6,12-13H2,1-3H3. The molecule has 3 aromatic rings. The molecular weight excluding hydrogens is 511 g/mol. The van der Waals surface area contributed by atoms with Crippen LogP contribution < -0.4 is 10.9 Å². The molecule has 1 aromatic heterocycles. The minimum atomic E-state index is -1.15. The number of likely N-dealkylation sites (tertiary alicyclic amines) is 1. The molecular formula is C26H25Cl2F2N3O3. The molecule has 0 radical (unpaired) electrons. The first kappa shape index (κ1) is 24.8. The third-order valence-corrected chi connectivity index (χ3v) is 7.22. The van der Waals surface area contributed by atoms with Crippen molar-refractivity contribution < 1.29 is 18.3 Å². The molecule has 1 aliphatic carbocycles. The summed E-state index contributed by atoms with van der Waals surface area (Å²) >= 11 is 12.7. The number of hydrogen-bond donors (Lipinski definition) is 1. The number of rotatable bonds is 4. The van der Waals surface area contributed by atoms with Gasteiger partial charge in [-0.15, -0.1) is 0 Å².